The summed E-state index contributed by atoms with van der Waals surface area (Å²) in [6, 6.07) is 10.6. The van der Waals surface area contributed by atoms with E-state index in [0.29, 0.717) is 11.3 Å². The zero-order valence-electron chi connectivity index (χ0n) is 16.1. The molecule has 0 aromatic heterocycles. The minimum Gasteiger partial charge on any atom is -0.373 e. The van der Waals surface area contributed by atoms with E-state index < -0.39 is 0 Å². The van der Waals surface area contributed by atoms with E-state index in [4.69, 9.17) is 4.74 Å². The average molecular weight is 457 g/mol. The number of ether oxygens (including phenoxy) is 1. The Labute approximate surface area is 169 Å². The maximum absolute atomic E-state index is 6.00. The quantitative estimate of drug-likeness (QED) is 0.422. The van der Waals surface area contributed by atoms with Crippen molar-refractivity contribution in [1.82, 2.24) is 10.2 Å². The first-order valence-corrected chi connectivity index (χ1v) is 9.01. The first-order valence-electron chi connectivity index (χ1n) is 9.01. The van der Waals surface area contributed by atoms with E-state index in [0.717, 1.165) is 32.1 Å². The van der Waals surface area contributed by atoms with Gasteiger partial charge in [-0.2, -0.15) is 0 Å². The molecule has 25 heavy (non-hydrogen) atoms. The third-order valence-corrected chi connectivity index (χ3v) is 6.22. The Morgan fingerprint density at radius 3 is 2.48 bits per heavy atom. The Morgan fingerprint density at radius 2 is 1.92 bits per heavy atom. The van der Waals surface area contributed by atoms with Crippen LogP contribution >= 0.6 is 24.0 Å². The number of nitrogens with zero attached hydrogens (tertiary/aromatic N) is 2. The van der Waals surface area contributed by atoms with E-state index >= 15 is 0 Å². The molecular formula is C20H32IN3O. The second-order valence-electron chi connectivity index (χ2n) is 8.21. The van der Waals surface area contributed by atoms with Crippen molar-refractivity contribution in [1.29, 1.82) is 0 Å². The monoisotopic (exact) mass is 457 g/mol. The number of nitrogens with one attached hydrogen (secondary N) is 1. The molecule has 1 aromatic carbocycles. The second-order valence-corrected chi connectivity index (χ2v) is 8.21. The van der Waals surface area contributed by atoms with Crippen LogP contribution in [0.3, 0.4) is 0 Å². The molecule has 2 aliphatic heterocycles. The lowest BCUT2D eigenvalue weighted by atomic mass is 9.65. The zero-order chi connectivity index (χ0) is 17.4. The second kappa shape index (κ2) is 7.82. The fourth-order valence-corrected chi connectivity index (χ4v) is 3.77. The lowest BCUT2D eigenvalue weighted by molar-refractivity contribution is -0.0669. The Bertz CT molecular complexity index is 600. The first-order chi connectivity index (χ1) is 11.4. The maximum atomic E-state index is 6.00. The molecule has 1 N–H and O–H groups in total. The predicted molar refractivity (Wildman–Crippen MR) is 115 cm³/mol. The maximum Gasteiger partial charge on any atom is 0.194 e. The van der Waals surface area contributed by atoms with Crippen LogP contribution in [0.15, 0.2) is 35.3 Å². The predicted octanol–water partition coefficient (Wildman–Crippen LogP) is 4.08. The molecule has 2 unspecified atom stereocenters. The summed E-state index contributed by atoms with van der Waals surface area (Å²) in [5.74, 6) is 1.50. The molecule has 2 fully saturated rings. The summed E-state index contributed by atoms with van der Waals surface area (Å²) >= 11 is 0. The number of guanidine groups is 1. The van der Waals surface area contributed by atoms with Gasteiger partial charge in [0.1, 0.15) is 0 Å². The topological polar surface area (TPSA) is 36.9 Å². The highest BCUT2D eigenvalue weighted by molar-refractivity contribution is 14.0. The van der Waals surface area contributed by atoms with Crippen LogP contribution in [-0.2, 0) is 4.74 Å². The van der Waals surface area contributed by atoms with Crippen LogP contribution in [0.25, 0.3) is 0 Å². The summed E-state index contributed by atoms with van der Waals surface area (Å²) in [6.07, 6.45) is 1.29. The SMILES string of the molecule is CN=C(NCC1CCOC1c1ccccc1)N1CC(C)(C)C1(C)C.I. The summed E-state index contributed by atoms with van der Waals surface area (Å²) in [4.78, 5) is 6.91. The van der Waals surface area contributed by atoms with Gasteiger partial charge in [0.2, 0.25) is 0 Å². The highest BCUT2D eigenvalue weighted by atomic mass is 127. The standard InChI is InChI=1S/C20H31N3O.HI/c1-19(2)14-23(20(19,3)4)18(21-5)22-13-16-11-12-24-17(16)15-9-7-6-8-10-15;/h6-10,16-17H,11-14H2,1-5H3,(H,21,22);1H. The van der Waals surface area contributed by atoms with Crippen molar-refractivity contribution < 1.29 is 4.74 Å². The van der Waals surface area contributed by atoms with E-state index in [1.165, 1.54) is 5.56 Å². The van der Waals surface area contributed by atoms with Crippen molar-refractivity contribution in [3.8, 4) is 0 Å². The molecule has 3 rings (SSSR count). The Kier molecular flexibility index (Phi) is 6.41. The smallest absolute Gasteiger partial charge is 0.194 e. The third-order valence-electron chi connectivity index (χ3n) is 6.22. The van der Waals surface area contributed by atoms with Crippen LogP contribution in [0.1, 0.15) is 45.8 Å². The van der Waals surface area contributed by atoms with Gasteiger partial charge in [-0.05, 0) is 25.8 Å². The van der Waals surface area contributed by atoms with Gasteiger partial charge >= 0.3 is 0 Å². The molecule has 0 aliphatic carbocycles. The lowest BCUT2D eigenvalue weighted by Gasteiger charge is -2.62. The molecule has 0 amide bonds. The minimum atomic E-state index is 0. The summed E-state index contributed by atoms with van der Waals surface area (Å²) in [5, 5.41) is 3.60. The molecule has 0 saturated carbocycles. The summed E-state index contributed by atoms with van der Waals surface area (Å²) in [6.45, 7) is 12.0. The molecular weight excluding hydrogens is 425 g/mol. The van der Waals surface area contributed by atoms with Gasteiger partial charge in [-0.25, -0.2) is 0 Å². The molecule has 0 spiro atoms. The fourth-order valence-electron chi connectivity index (χ4n) is 3.77. The van der Waals surface area contributed by atoms with Gasteiger partial charge in [0.05, 0.1) is 6.10 Å². The normalized spacial score (nSPS) is 27.4. The van der Waals surface area contributed by atoms with Gasteiger partial charge in [-0.1, -0.05) is 44.2 Å². The molecule has 2 aliphatic rings. The van der Waals surface area contributed by atoms with Gasteiger partial charge in [-0.15, -0.1) is 24.0 Å². The van der Waals surface area contributed by atoms with Crippen molar-refractivity contribution in [2.75, 3.05) is 26.7 Å². The molecule has 4 nitrogen and oxygen atoms in total. The zero-order valence-corrected chi connectivity index (χ0v) is 18.4. The largest absolute Gasteiger partial charge is 0.373 e. The molecule has 140 valence electrons. The third kappa shape index (κ3) is 3.82. The van der Waals surface area contributed by atoms with Crippen LogP contribution in [0.2, 0.25) is 0 Å². The number of benzene rings is 1. The molecule has 2 atom stereocenters. The van der Waals surface area contributed by atoms with Gasteiger partial charge in [-0.3, -0.25) is 4.99 Å². The molecule has 2 saturated heterocycles. The molecule has 1 aromatic rings. The highest BCUT2D eigenvalue weighted by Gasteiger charge is 2.53. The number of aliphatic imine (C=N–C) groups is 1. The molecule has 5 heteroatoms. The van der Waals surface area contributed by atoms with E-state index in [1.807, 2.05) is 7.05 Å². The number of rotatable bonds is 3. The van der Waals surface area contributed by atoms with Crippen LogP contribution in [0.4, 0.5) is 0 Å². The van der Waals surface area contributed by atoms with Crippen molar-refractivity contribution in [3.63, 3.8) is 0 Å². The summed E-state index contributed by atoms with van der Waals surface area (Å²) < 4.78 is 6.00. The summed E-state index contributed by atoms with van der Waals surface area (Å²) in [7, 11) is 1.88. The minimum absolute atomic E-state index is 0. The molecule has 0 radical (unpaired) electrons. The van der Waals surface area contributed by atoms with Crippen molar-refractivity contribution >= 4 is 29.9 Å². The average Bonchev–Trinajstić information content (AvgIpc) is 3.03. The summed E-state index contributed by atoms with van der Waals surface area (Å²) in [5.41, 5.74) is 1.72. The number of halogens is 1. The first kappa shape index (κ1) is 20.5. The van der Waals surface area contributed by atoms with Crippen molar-refractivity contribution in [2.24, 2.45) is 16.3 Å². The van der Waals surface area contributed by atoms with E-state index in [2.05, 4.69) is 73.2 Å². The van der Waals surface area contributed by atoms with Crippen LogP contribution in [-0.4, -0.2) is 43.1 Å². The van der Waals surface area contributed by atoms with Gasteiger partial charge in [0.25, 0.3) is 0 Å². The van der Waals surface area contributed by atoms with Crippen molar-refractivity contribution in [2.45, 2.75) is 45.8 Å². The number of hydrogen-bond donors (Lipinski definition) is 1. The van der Waals surface area contributed by atoms with Crippen LogP contribution in [0, 0.1) is 11.3 Å². The van der Waals surface area contributed by atoms with Crippen LogP contribution in [0.5, 0.6) is 0 Å². The Morgan fingerprint density at radius 1 is 1.24 bits per heavy atom. The van der Waals surface area contributed by atoms with Gasteiger partial charge in [0, 0.05) is 43.6 Å². The van der Waals surface area contributed by atoms with E-state index in [1.54, 1.807) is 0 Å². The molecule has 2 heterocycles. The Balaban J connectivity index is 0.00000225. The van der Waals surface area contributed by atoms with Crippen LogP contribution < -0.4 is 5.32 Å². The highest BCUT2D eigenvalue weighted by Crippen LogP contribution is 2.46. The van der Waals surface area contributed by atoms with E-state index in [9.17, 15) is 0 Å². The fraction of sp³-hybridized carbons (Fsp3) is 0.650. The van der Waals surface area contributed by atoms with E-state index in [-0.39, 0.29) is 35.6 Å². The molecule has 0 bridgehead atoms. The number of hydrogen-bond acceptors (Lipinski definition) is 2. The van der Waals surface area contributed by atoms with Gasteiger partial charge in [0.15, 0.2) is 5.96 Å². The Hall–Kier alpha value is -0.820. The number of likely N-dealkylation sites (tertiary alicyclic amines) is 1. The van der Waals surface area contributed by atoms with Crippen molar-refractivity contribution in [3.05, 3.63) is 35.9 Å². The van der Waals surface area contributed by atoms with Gasteiger partial charge < -0.3 is 15.0 Å². The lowest BCUT2D eigenvalue weighted by Crippen LogP contribution is -2.72.